The third kappa shape index (κ3) is 7.07. The summed E-state index contributed by atoms with van der Waals surface area (Å²) in [5.74, 6) is -0.713. The fraction of sp³-hybridized carbons (Fsp3) is 0.519. The van der Waals surface area contributed by atoms with Gasteiger partial charge < -0.3 is 10.0 Å². The molecule has 5 heterocycles. The van der Waals surface area contributed by atoms with Crippen LogP contribution in [0.5, 0.6) is 0 Å². The number of amides is 1. The number of halogens is 3. The van der Waals surface area contributed by atoms with Gasteiger partial charge in [0.25, 0.3) is 5.91 Å². The Morgan fingerprint density at radius 1 is 1.12 bits per heavy atom. The standard InChI is InChI=1S/C27H32F3N7O3S2/c1-16-4-3-6-36(16)14-21-24(20-10-18(15-41-20)27(28,29)30)33-26(42-21)34-25(40)19-11-32-22(12-31-19)37-9-8-35(17(2)13-37)7-5-23(38)39/h10-12,15-17H,3-9,13-14H2,1-2H3,(H,38,39)(H,33,34,40)/t16-,17+/m1/s1. The zero-order valence-electron chi connectivity index (χ0n) is 23.2. The van der Waals surface area contributed by atoms with Crippen molar-refractivity contribution in [2.24, 2.45) is 0 Å². The highest BCUT2D eigenvalue weighted by atomic mass is 32.1. The number of aliphatic carboxylic acids is 1. The number of carboxylic acids is 1. The lowest BCUT2D eigenvalue weighted by molar-refractivity contribution is -0.138. The minimum atomic E-state index is -4.44. The van der Waals surface area contributed by atoms with Gasteiger partial charge in [0.1, 0.15) is 11.5 Å². The monoisotopic (exact) mass is 623 g/mol. The van der Waals surface area contributed by atoms with Gasteiger partial charge in [0.15, 0.2) is 5.13 Å². The second-order valence-electron chi connectivity index (χ2n) is 10.6. The number of aromatic nitrogens is 3. The molecule has 5 rings (SSSR count). The Kier molecular flexibility index (Phi) is 9.11. The summed E-state index contributed by atoms with van der Waals surface area (Å²) >= 11 is 2.24. The van der Waals surface area contributed by atoms with E-state index in [1.54, 1.807) is 0 Å². The number of likely N-dealkylation sites (tertiary alicyclic amines) is 1. The summed E-state index contributed by atoms with van der Waals surface area (Å²) in [7, 11) is 0. The molecule has 15 heteroatoms. The van der Waals surface area contributed by atoms with Crippen LogP contribution in [0.2, 0.25) is 0 Å². The maximum Gasteiger partial charge on any atom is 0.417 e. The van der Waals surface area contributed by atoms with Gasteiger partial charge in [-0.25, -0.2) is 15.0 Å². The van der Waals surface area contributed by atoms with Gasteiger partial charge in [-0.05, 0) is 39.3 Å². The summed E-state index contributed by atoms with van der Waals surface area (Å²) < 4.78 is 39.9. The molecule has 0 aliphatic carbocycles. The molecule has 0 unspecified atom stereocenters. The van der Waals surface area contributed by atoms with Crippen molar-refractivity contribution in [3.05, 3.63) is 40.0 Å². The molecule has 3 aromatic rings. The van der Waals surface area contributed by atoms with E-state index < -0.39 is 23.6 Å². The Morgan fingerprint density at radius 2 is 1.93 bits per heavy atom. The van der Waals surface area contributed by atoms with Crippen molar-refractivity contribution in [1.82, 2.24) is 24.8 Å². The van der Waals surface area contributed by atoms with E-state index in [4.69, 9.17) is 5.11 Å². The van der Waals surface area contributed by atoms with Crippen molar-refractivity contribution in [1.29, 1.82) is 0 Å². The van der Waals surface area contributed by atoms with Gasteiger partial charge in [-0.1, -0.05) is 11.3 Å². The van der Waals surface area contributed by atoms with Gasteiger partial charge in [-0.2, -0.15) is 13.2 Å². The predicted molar refractivity (Wildman–Crippen MR) is 155 cm³/mol. The number of nitrogens with one attached hydrogen (secondary N) is 1. The fourth-order valence-corrected chi connectivity index (χ4v) is 7.26. The van der Waals surface area contributed by atoms with Crippen LogP contribution in [0.4, 0.5) is 24.1 Å². The number of alkyl halides is 3. The van der Waals surface area contributed by atoms with Crippen LogP contribution in [0.25, 0.3) is 10.6 Å². The molecule has 2 atom stereocenters. The van der Waals surface area contributed by atoms with E-state index in [1.807, 2.05) is 11.8 Å². The number of hydrogen-bond acceptors (Lipinski definition) is 10. The summed E-state index contributed by atoms with van der Waals surface area (Å²) in [5, 5.41) is 13.1. The molecular weight excluding hydrogens is 591 g/mol. The molecule has 226 valence electrons. The van der Waals surface area contributed by atoms with Crippen LogP contribution in [-0.4, -0.2) is 86.5 Å². The topological polar surface area (TPSA) is 115 Å². The number of rotatable bonds is 9. The normalized spacial score (nSPS) is 20.3. The van der Waals surface area contributed by atoms with Crippen molar-refractivity contribution in [3.63, 3.8) is 0 Å². The van der Waals surface area contributed by atoms with Crippen LogP contribution >= 0.6 is 22.7 Å². The average Bonchev–Trinajstić information content (AvgIpc) is 3.68. The average molecular weight is 624 g/mol. The zero-order chi connectivity index (χ0) is 30.0. The molecule has 0 radical (unpaired) electrons. The van der Waals surface area contributed by atoms with Crippen molar-refractivity contribution in [2.45, 2.75) is 57.9 Å². The number of anilines is 2. The first-order valence-corrected chi connectivity index (χ1v) is 15.4. The van der Waals surface area contributed by atoms with Crippen molar-refractivity contribution in [2.75, 3.05) is 42.9 Å². The molecule has 0 saturated carbocycles. The third-order valence-corrected chi connectivity index (χ3v) is 9.58. The third-order valence-electron chi connectivity index (χ3n) is 7.69. The van der Waals surface area contributed by atoms with Gasteiger partial charge in [0, 0.05) is 55.1 Å². The van der Waals surface area contributed by atoms with Crippen LogP contribution in [0, 0.1) is 0 Å². The Bertz CT molecular complexity index is 1410. The second-order valence-corrected chi connectivity index (χ2v) is 12.6. The number of hydrogen-bond donors (Lipinski definition) is 2. The number of piperazine rings is 1. The summed E-state index contributed by atoms with van der Waals surface area (Å²) in [6, 6.07) is 1.60. The van der Waals surface area contributed by atoms with Crippen LogP contribution in [0.1, 0.15) is 54.0 Å². The molecule has 0 bridgehead atoms. The molecular formula is C27H32F3N7O3S2. The quantitative estimate of drug-likeness (QED) is 0.344. The number of carbonyl (C=O) groups is 2. The highest BCUT2D eigenvalue weighted by molar-refractivity contribution is 7.17. The molecule has 2 aliphatic rings. The molecule has 1 amide bonds. The number of nitrogens with zero attached hydrogens (tertiary/aromatic N) is 6. The first kappa shape index (κ1) is 30.3. The lowest BCUT2D eigenvalue weighted by atomic mass is 10.2. The molecule has 3 aromatic heterocycles. The Labute approximate surface area is 249 Å². The minimum Gasteiger partial charge on any atom is -0.481 e. The predicted octanol–water partition coefficient (Wildman–Crippen LogP) is 4.90. The first-order chi connectivity index (χ1) is 20.0. The Hall–Kier alpha value is -3.14. The van der Waals surface area contributed by atoms with E-state index in [0.717, 1.165) is 47.0 Å². The maximum atomic E-state index is 13.3. The maximum absolute atomic E-state index is 13.3. The molecule has 10 nitrogen and oxygen atoms in total. The highest BCUT2D eigenvalue weighted by Crippen LogP contribution is 2.40. The molecule has 0 spiro atoms. The number of carbonyl (C=O) groups excluding carboxylic acids is 1. The van der Waals surface area contributed by atoms with E-state index in [-0.39, 0.29) is 23.3 Å². The minimum absolute atomic E-state index is 0.0915. The SMILES string of the molecule is C[C@@H]1CCCN1Cc1sc(NC(=O)c2cnc(N3CCN(CCC(=O)O)[C@@H](C)C3)cn2)nc1-c1cc(C(F)(F)F)cs1. The summed E-state index contributed by atoms with van der Waals surface area (Å²) in [5.41, 5.74) is -0.171. The van der Waals surface area contributed by atoms with E-state index in [0.29, 0.717) is 55.2 Å². The van der Waals surface area contributed by atoms with Crippen LogP contribution < -0.4 is 10.2 Å². The van der Waals surface area contributed by atoms with E-state index in [9.17, 15) is 22.8 Å². The summed E-state index contributed by atoms with van der Waals surface area (Å²) in [6.45, 7) is 8.09. The lowest BCUT2D eigenvalue weighted by Crippen LogP contribution is -2.52. The Balaban J connectivity index is 1.28. The second kappa shape index (κ2) is 12.6. The summed E-state index contributed by atoms with van der Waals surface area (Å²) in [4.78, 5) is 44.9. The van der Waals surface area contributed by atoms with Gasteiger partial charge >= 0.3 is 12.1 Å². The molecule has 2 fully saturated rings. The summed E-state index contributed by atoms with van der Waals surface area (Å²) in [6.07, 6.45) is 0.694. The van der Waals surface area contributed by atoms with Crippen molar-refractivity contribution < 1.29 is 27.9 Å². The van der Waals surface area contributed by atoms with E-state index >= 15 is 0 Å². The molecule has 0 aromatic carbocycles. The van der Waals surface area contributed by atoms with Crippen LogP contribution in [-0.2, 0) is 17.5 Å². The zero-order valence-corrected chi connectivity index (χ0v) is 24.9. The number of thiazole rings is 1. The molecule has 2 saturated heterocycles. The molecule has 42 heavy (non-hydrogen) atoms. The van der Waals surface area contributed by atoms with Gasteiger partial charge in [0.05, 0.1) is 34.9 Å². The molecule has 2 N–H and O–H groups in total. The van der Waals surface area contributed by atoms with Gasteiger partial charge in [0.2, 0.25) is 0 Å². The number of carboxylic acid groups (broad SMARTS) is 1. The smallest absolute Gasteiger partial charge is 0.417 e. The Morgan fingerprint density at radius 3 is 2.55 bits per heavy atom. The van der Waals surface area contributed by atoms with Gasteiger partial charge in [-0.15, -0.1) is 11.3 Å². The largest absolute Gasteiger partial charge is 0.481 e. The van der Waals surface area contributed by atoms with Crippen LogP contribution in [0.3, 0.4) is 0 Å². The van der Waals surface area contributed by atoms with E-state index in [2.05, 4.69) is 37.0 Å². The fourth-order valence-electron chi connectivity index (χ4n) is 5.26. The lowest BCUT2D eigenvalue weighted by Gasteiger charge is -2.40. The van der Waals surface area contributed by atoms with Crippen molar-refractivity contribution >= 4 is 45.5 Å². The number of thiophene rings is 1. The highest BCUT2D eigenvalue weighted by Gasteiger charge is 2.33. The molecule has 2 aliphatic heterocycles. The van der Waals surface area contributed by atoms with Crippen molar-refractivity contribution in [3.8, 4) is 10.6 Å². The van der Waals surface area contributed by atoms with E-state index in [1.165, 1.54) is 23.7 Å². The van der Waals surface area contributed by atoms with Crippen LogP contribution in [0.15, 0.2) is 23.8 Å². The first-order valence-electron chi connectivity index (χ1n) is 13.7. The van der Waals surface area contributed by atoms with Gasteiger partial charge in [-0.3, -0.25) is 24.7 Å².